The van der Waals surface area contributed by atoms with E-state index in [2.05, 4.69) is 5.32 Å². The van der Waals surface area contributed by atoms with E-state index < -0.39 is 28.5 Å². The van der Waals surface area contributed by atoms with Gasteiger partial charge >= 0.3 is 0 Å². The first-order chi connectivity index (χ1) is 22.1. The number of unbranched alkanes of at least 4 members (excludes halogenated alkanes) is 1. The number of rotatable bonds is 15. The van der Waals surface area contributed by atoms with Crippen LogP contribution in [0.4, 0.5) is 5.69 Å². The van der Waals surface area contributed by atoms with Crippen molar-refractivity contribution < 1.29 is 22.7 Å². The normalized spacial score (nSPS) is 11.8. The molecule has 9 heteroatoms. The highest BCUT2D eigenvalue weighted by Crippen LogP contribution is 2.27. The first kappa shape index (κ1) is 34.2. The van der Waals surface area contributed by atoms with Gasteiger partial charge in [-0.05, 0) is 67.8 Å². The van der Waals surface area contributed by atoms with Gasteiger partial charge in [-0.3, -0.25) is 13.9 Å². The van der Waals surface area contributed by atoms with E-state index in [1.165, 1.54) is 24.1 Å². The molecule has 0 spiro atoms. The summed E-state index contributed by atoms with van der Waals surface area (Å²) >= 11 is 0. The molecule has 4 aromatic rings. The van der Waals surface area contributed by atoms with Crippen molar-refractivity contribution in [1.82, 2.24) is 10.2 Å². The summed E-state index contributed by atoms with van der Waals surface area (Å²) in [6.45, 7) is 5.99. The molecule has 1 atom stereocenters. The van der Waals surface area contributed by atoms with Crippen LogP contribution in [0.1, 0.15) is 42.0 Å². The Morgan fingerprint density at radius 2 is 1.41 bits per heavy atom. The molecule has 1 N–H and O–H groups in total. The van der Waals surface area contributed by atoms with E-state index in [4.69, 9.17) is 4.74 Å². The zero-order chi connectivity index (χ0) is 33.1. The lowest BCUT2D eigenvalue weighted by atomic mass is 10.0. The number of hydrogen-bond donors (Lipinski definition) is 1. The maximum Gasteiger partial charge on any atom is 0.264 e. The number of carbonyl (C=O) groups is 2. The Kier molecular flexibility index (Phi) is 12.0. The molecule has 2 amide bonds. The molecule has 46 heavy (non-hydrogen) atoms. The third-order valence-electron chi connectivity index (χ3n) is 7.82. The van der Waals surface area contributed by atoms with Crippen LogP contribution in [0.5, 0.6) is 5.75 Å². The highest BCUT2D eigenvalue weighted by atomic mass is 32.2. The second kappa shape index (κ2) is 16.1. The molecule has 0 aromatic heterocycles. The summed E-state index contributed by atoms with van der Waals surface area (Å²) in [5, 5.41) is 3.01. The molecule has 242 valence electrons. The molecule has 0 fully saturated rings. The molecule has 0 aliphatic carbocycles. The number of sulfonamides is 1. The smallest absolute Gasteiger partial charge is 0.264 e. The summed E-state index contributed by atoms with van der Waals surface area (Å²) in [6, 6.07) is 29.5. The highest BCUT2D eigenvalue weighted by Gasteiger charge is 2.34. The molecule has 0 saturated heterocycles. The number of benzene rings is 4. The third kappa shape index (κ3) is 8.97. The number of ether oxygens (including phenoxy) is 1. The number of methoxy groups -OCH3 is 1. The van der Waals surface area contributed by atoms with Crippen molar-refractivity contribution in [3.63, 3.8) is 0 Å². The van der Waals surface area contributed by atoms with Crippen LogP contribution < -0.4 is 14.4 Å². The van der Waals surface area contributed by atoms with E-state index in [1.54, 1.807) is 36.4 Å². The Morgan fingerprint density at radius 3 is 2.00 bits per heavy atom. The van der Waals surface area contributed by atoms with E-state index in [1.807, 2.05) is 75.4 Å². The lowest BCUT2D eigenvalue weighted by Gasteiger charge is -2.34. The van der Waals surface area contributed by atoms with Crippen LogP contribution in [0, 0.1) is 13.8 Å². The quantitative estimate of drug-likeness (QED) is 0.159. The largest absolute Gasteiger partial charge is 0.497 e. The van der Waals surface area contributed by atoms with Crippen molar-refractivity contribution in [3.8, 4) is 5.75 Å². The summed E-state index contributed by atoms with van der Waals surface area (Å²) in [6.07, 6.45) is 1.97. The van der Waals surface area contributed by atoms with E-state index >= 15 is 0 Å². The number of hydrogen-bond acceptors (Lipinski definition) is 5. The minimum absolute atomic E-state index is 0.0601. The van der Waals surface area contributed by atoms with Gasteiger partial charge in [-0.1, -0.05) is 91.2 Å². The van der Waals surface area contributed by atoms with E-state index in [-0.39, 0.29) is 23.8 Å². The van der Waals surface area contributed by atoms with Crippen molar-refractivity contribution in [2.45, 2.75) is 57.5 Å². The van der Waals surface area contributed by atoms with Crippen LogP contribution in [0.2, 0.25) is 0 Å². The van der Waals surface area contributed by atoms with Crippen LogP contribution in [-0.4, -0.2) is 51.4 Å². The zero-order valence-corrected chi connectivity index (χ0v) is 27.8. The van der Waals surface area contributed by atoms with Crippen LogP contribution in [0.25, 0.3) is 0 Å². The summed E-state index contributed by atoms with van der Waals surface area (Å²) in [5.41, 5.74) is 4.00. The molecule has 0 unspecified atom stereocenters. The predicted octanol–water partition coefficient (Wildman–Crippen LogP) is 6.06. The molecule has 4 rings (SSSR count). The fourth-order valence-electron chi connectivity index (χ4n) is 5.07. The number of nitrogens with zero attached hydrogens (tertiary/aromatic N) is 2. The molecule has 4 aromatic carbocycles. The molecular formula is C37H43N3O5S. The third-order valence-corrected chi connectivity index (χ3v) is 9.61. The van der Waals surface area contributed by atoms with Crippen LogP contribution in [-0.2, 0) is 32.6 Å². The number of amides is 2. The summed E-state index contributed by atoms with van der Waals surface area (Å²) in [7, 11) is -2.65. The Balaban J connectivity index is 1.78. The van der Waals surface area contributed by atoms with Crippen LogP contribution in [0.15, 0.2) is 108 Å². The fourth-order valence-corrected chi connectivity index (χ4v) is 6.48. The maximum atomic E-state index is 14.5. The van der Waals surface area contributed by atoms with Gasteiger partial charge in [0, 0.05) is 19.5 Å². The average Bonchev–Trinajstić information content (AvgIpc) is 3.06. The number of aryl methyl sites for hydroxylation is 2. The monoisotopic (exact) mass is 641 g/mol. The standard InChI is InChI=1S/C37H43N3O5S/c1-5-6-24-38-37(42)35(25-30-10-8-7-9-11-30)39(26-31-16-12-28(2)13-17-31)36(41)27-40(32-18-20-33(45-4)21-19-32)46(43,44)34-22-14-29(3)15-23-34/h7-23,35H,5-6,24-27H2,1-4H3,(H,38,42)/t35-/m1/s1. The minimum atomic E-state index is -4.18. The molecular weight excluding hydrogens is 598 g/mol. The lowest BCUT2D eigenvalue weighted by molar-refractivity contribution is -0.140. The molecule has 0 aliphatic rings. The molecule has 8 nitrogen and oxygen atoms in total. The first-order valence-corrected chi connectivity index (χ1v) is 17.0. The first-order valence-electron chi connectivity index (χ1n) is 15.5. The van der Waals surface area contributed by atoms with Gasteiger partial charge in [0.2, 0.25) is 11.8 Å². The van der Waals surface area contributed by atoms with Gasteiger partial charge in [0.15, 0.2) is 0 Å². The van der Waals surface area contributed by atoms with Crippen molar-refractivity contribution in [2.75, 3.05) is 24.5 Å². The predicted molar refractivity (Wildman–Crippen MR) is 182 cm³/mol. The van der Waals surface area contributed by atoms with Crippen molar-refractivity contribution >= 4 is 27.5 Å². The van der Waals surface area contributed by atoms with Gasteiger partial charge < -0.3 is 15.0 Å². The Morgan fingerprint density at radius 1 is 0.804 bits per heavy atom. The van der Waals surface area contributed by atoms with Gasteiger partial charge in [0.05, 0.1) is 17.7 Å². The molecule has 0 aliphatic heterocycles. The van der Waals surface area contributed by atoms with E-state index in [0.29, 0.717) is 18.0 Å². The topological polar surface area (TPSA) is 96.0 Å². The van der Waals surface area contributed by atoms with E-state index in [0.717, 1.165) is 39.4 Å². The zero-order valence-electron chi connectivity index (χ0n) is 27.0. The number of carbonyl (C=O) groups excluding carboxylic acids is 2. The molecule has 0 saturated carbocycles. The second-order valence-corrected chi connectivity index (χ2v) is 13.2. The summed E-state index contributed by atoms with van der Waals surface area (Å²) in [4.78, 5) is 29.9. The van der Waals surface area contributed by atoms with Gasteiger partial charge in [0.1, 0.15) is 18.3 Å². The van der Waals surface area contributed by atoms with Gasteiger partial charge in [-0.25, -0.2) is 8.42 Å². The average molecular weight is 642 g/mol. The summed E-state index contributed by atoms with van der Waals surface area (Å²) in [5.74, 6) is -0.232. The SMILES string of the molecule is CCCCNC(=O)[C@@H](Cc1ccccc1)N(Cc1ccc(C)cc1)C(=O)CN(c1ccc(OC)cc1)S(=O)(=O)c1ccc(C)cc1. The summed E-state index contributed by atoms with van der Waals surface area (Å²) < 4.78 is 34.7. The Hall–Kier alpha value is -4.63. The highest BCUT2D eigenvalue weighted by molar-refractivity contribution is 7.92. The van der Waals surface area contributed by atoms with Crippen molar-refractivity contribution in [3.05, 3.63) is 125 Å². The molecule has 0 heterocycles. The molecule has 0 bridgehead atoms. The van der Waals surface area contributed by atoms with Crippen LogP contribution in [0.3, 0.4) is 0 Å². The lowest BCUT2D eigenvalue weighted by Crippen LogP contribution is -2.53. The Bertz CT molecular complexity index is 1670. The van der Waals surface area contributed by atoms with Crippen molar-refractivity contribution in [2.24, 2.45) is 0 Å². The Labute approximate surface area is 273 Å². The number of anilines is 1. The molecule has 0 radical (unpaired) electrons. The van der Waals surface area contributed by atoms with Gasteiger partial charge in [-0.15, -0.1) is 0 Å². The van der Waals surface area contributed by atoms with Crippen LogP contribution >= 0.6 is 0 Å². The number of nitrogens with one attached hydrogen (secondary N) is 1. The second-order valence-electron chi connectivity index (χ2n) is 11.4. The minimum Gasteiger partial charge on any atom is -0.497 e. The van der Waals surface area contributed by atoms with Crippen molar-refractivity contribution in [1.29, 1.82) is 0 Å². The maximum absolute atomic E-state index is 14.5. The van der Waals surface area contributed by atoms with Gasteiger partial charge in [-0.2, -0.15) is 0 Å². The fraction of sp³-hybridized carbons (Fsp3) is 0.297. The van der Waals surface area contributed by atoms with E-state index in [9.17, 15) is 18.0 Å². The van der Waals surface area contributed by atoms with Gasteiger partial charge in [0.25, 0.3) is 10.0 Å².